The monoisotopic (exact) mass is 321 g/mol. The van der Waals surface area contributed by atoms with Crippen LogP contribution in [0.4, 0.5) is 4.79 Å². The molecule has 0 aromatic heterocycles. The number of rotatable bonds is 10. The molecule has 5 N–H and O–H groups in total. The van der Waals surface area contributed by atoms with Crippen molar-refractivity contribution in [1.82, 2.24) is 10.6 Å². The van der Waals surface area contributed by atoms with Crippen molar-refractivity contribution in [3.63, 3.8) is 0 Å². The highest BCUT2D eigenvalue weighted by Gasteiger charge is 2.32. The minimum Gasteiger partial charge on any atom is -0.480 e. The lowest BCUT2D eigenvalue weighted by molar-refractivity contribution is -0.138. The first-order chi connectivity index (χ1) is 9.43. The SMILES string of the molecule is CC1(CCCNC(=O)NCCCC[C@H](N)C(=O)O)N=N1.Cl. The van der Waals surface area contributed by atoms with Crippen LogP contribution in [-0.2, 0) is 4.79 Å². The Balaban J connectivity index is 0.00000400. The van der Waals surface area contributed by atoms with Crippen LogP contribution in [0.5, 0.6) is 0 Å². The molecule has 0 aromatic rings. The Kier molecular flexibility index (Phi) is 8.87. The lowest BCUT2D eigenvalue weighted by Crippen LogP contribution is -2.37. The summed E-state index contributed by atoms with van der Waals surface area (Å²) in [5.74, 6) is -0.987. The summed E-state index contributed by atoms with van der Waals surface area (Å²) in [5, 5.41) is 21.8. The molecule has 0 aliphatic carbocycles. The molecular formula is C12H24ClN5O3. The van der Waals surface area contributed by atoms with Crippen LogP contribution in [0.3, 0.4) is 0 Å². The molecule has 1 rings (SSSR count). The lowest BCUT2D eigenvalue weighted by Gasteiger charge is -2.09. The zero-order chi connectivity index (χ0) is 15.0. The molecule has 0 radical (unpaired) electrons. The van der Waals surface area contributed by atoms with Gasteiger partial charge >= 0.3 is 12.0 Å². The van der Waals surface area contributed by atoms with Crippen molar-refractivity contribution in [1.29, 1.82) is 0 Å². The number of nitrogens with two attached hydrogens (primary N) is 1. The average Bonchev–Trinajstić information content (AvgIpc) is 3.12. The van der Waals surface area contributed by atoms with E-state index in [4.69, 9.17) is 10.8 Å². The van der Waals surface area contributed by atoms with Crippen molar-refractivity contribution >= 4 is 24.4 Å². The summed E-state index contributed by atoms with van der Waals surface area (Å²) in [6.07, 6.45) is 3.49. The van der Waals surface area contributed by atoms with Crippen LogP contribution in [-0.4, -0.2) is 41.9 Å². The molecule has 0 fully saturated rings. The predicted octanol–water partition coefficient (Wildman–Crippen LogP) is 1.25. The van der Waals surface area contributed by atoms with Gasteiger partial charge in [0.1, 0.15) is 6.04 Å². The Labute approximate surface area is 130 Å². The van der Waals surface area contributed by atoms with Gasteiger partial charge in [-0.3, -0.25) is 4.79 Å². The number of halogens is 1. The molecule has 122 valence electrons. The van der Waals surface area contributed by atoms with Crippen LogP contribution in [0.2, 0.25) is 0 Å². The van der Waals surface area contributed by atoms with Gasteiger partial charge in [-0.25, -0.2) is 4.79 Å². The van der Waals surface area contributed by atoms with Crippen LogP contribution in [0.25, 0.3) is 0 Å². The Morgan fingerprint density at radius 3 is 2.29 bits per heavy atom. The Morgan fingerprint density at radius 2 is 1.76 bits per heavy atom. The molecule has 1 heterocycles. The number of nitrogens with one attached hydrogen (secondary N) is 2. The first kappa shape index (κ1) is 19.6. The number of hydrogen-bond donors (Lipinski definition) is 4. The van der Waals surface area contributed by atoms with Gasteiger partial charge in [-0.05, 0) is 39.0 Å². The van der Waals surface area contributed by atoms with Gasteiger partial charge in [0.05, 0.1) is 0 Å². The molecule has 1 aliphatic heterocycles. The summed E-state index contributed by atoms with van der Waals surface area (Å²) in [7, 11) is 0. The van der Waals surface area contributed by atoms with E-state index in [0.717, 1.165) is 12.8 Å². The van der Waals surface area contributed by atoms with E-state index < -0.39 is 12.0 Å². The minimum atomic E-state index is -0.987. The molecule has 0 saturated carbocycles. The van der Waals surface area contributed by atoms with Crippen molar-refractivity contribution in [3.8, 4) is 0 Å². The van der Waals surface area contributed by atoms with E-state index in [2.05, 4.69) is 20.9 Å². The lowest BCUT2D eigenvalue weighted by atomic mass is 10.1. The number of carboxylic acids is 1. The molecule has 2 amide bonds. The van der Waals surface area contributed by atoms with Crippen LogP contribution in [0, 0.1) is 0 Å². The summed E-state index contributed by atoms with van der Waals surface area (Å²) in [6, 6.07) is -1.02. The maximum atomic E-state index is 11.4. The highest BCUT2D eigenvalue weighted by molar-refractivity contribution is 5.85. The fourth-order valence-corrected chi connectivity index (χ4v) is 1.69. The van der Waals surface area contributed by atoms with Gasteiger partial charge in [0.2, 0.25) is 0 Å². The zero-order valence-electron chi connectivity index (χ0n) is 12.2. The van der Waals surface area contributed by atoms with Crippen molar-refractivity contribution in [3.05, 3.63) is 0 Å². The fraction of sp³-hybridized carbons (Fsp3) is 0.833. The topological polar surface area (TPSA) is 129 Å². The Morgan fingerprint density at radius 1 is 1.19 bits per heavy atom. The fourth-order valence-electron chi connectivity index (χ4n) is 1.69. The van der Waals surface area contributed by atoms with E-state index in [-0.39, 0.29) is 24.1 Å². The molecule has 0 bridgehead atoms. The maximum absolute atomic E-state index is 11.4. The van der Waals surface area contributed by atoms with E-state index in [0.29, 0.717) is 32.4 Å². The van der Waals surface area contributed by atoms with Crippen LogP contribution in [0.1, 0.15) is 39.0 Å². The van der Waals surface area contributed by atoms with Gasteiger partial charge in [-0.1, -0.05) is 0 Å². The van der Waals surface area contributed by atoms with Crippen LogP contribution < -0.4 is 16.4 Å². The van der Waals surface area contributed by atoms with Gasteiger partial charge in [0.25, 0.3) is 0 Å². The van der Waals surface area contributed by atoms with E-state index in [1.807, 2.05) is 6.92 Å². The maximum Gasteiger partial charge on any atom is 0.320 e. The number of urea groups is 1. The van der Waals surface area contributed by atoms with Crippen molar-refractivity contribution in [2.75, 3.05) is 13.1 Å². The van der Waals surface area contributed by atoms with Crippen molar-refractivity contribution in [2.24, 2.45) is 16.0 Å². The van der Waals surface area contributed by atoms with E-state index in [9.17, 15) is 9.59 Å². The molecule has 21 heavy (non-hydrogen) atoms. The van der Waals surface area contributed by atoms with E-state index >= 15 is 0 Å². The van der Waals surface area contributed by atoms with Crippen LogP contribution >= 0.6 is 12.4 Å². The summed E-state index contributed by atoms with van der Waals surface area (Å²) in [5.41, 5.74) is 5.16. The summed E-state index contributed by atoms with van der Waals surface area (Å²) in [4.78, 5) is 21.9. The highest BCUT2D eigenvalue weighted by Crippen LogP contribution is 2.31. The number of hydrogen-bond acceptors (Lipinski definition) is 5. The number of carbonyl (C=O) groups excluding carboxylic acids is 1. The molecule has 0 unspecified atom stereocenters. The van der Waals surface area contributed by atoms with E-state index in [1.54, 1.807) is 0 Å². The number of carboxylic acid groups (broad SMARTS) is 1. The van der Waals surface area contributed by atoms with Gasteiger partial charge in [-0.2, -0.15) is 10.2 Å². The third-order valence-corrected chi connectivity index (χ3v) is 3.10. The molecular weight excluding hydrogens is 298 g/mol. The molecule has 8 nitrogen and oxygen atoms in total. The third-order valence-electron chi connectivity index (χ3n) is 3.10. The smallest absolute Gasteiger partial charge is 0.320 e. The first-order valence-corrected chi connectivity index (χ1v) is 6.87. The second kappa shape index (κ2) is 9.51. The molecule has 0 aromatic carbocycles. The zero-order valence-corrected chi connectivity index (χ0v) is 13.0. The number of amides is 2. The average molecular weight is 322 g/mol. The summed E-state index contributed by atoms with van der Waals surface area (Å²) < 4.78 is 0. The van der Waals surface area contributed by atoms with Gasteiger partial charge in [0, 0.05) is 13.1 Å². The van der Waals surface area contributed by atoms with Gasteiger partial charge in [-0.15, -0.1) is 12.4 Å². The summed E-state index contributed by atoms with van der Waals surface area (Å²) in [6.45, 7) is 3.06. The van der Waals surface area contributed by atoms with Crippen molar-refractivity contribution < 1.29 is 14.7 Å². The molecule has 0 spiro atoms. The molecule has 1 aliphatic rings. The van der Waals surface area contributed by atoms with Gasteiger partial charge < -0.3 is 21.5 Å². The van der Waals surface area contributed by atoms with Crippen molar-refractivity contribution in [2.45, 2.75) is 50.7 Å². The first-order valence-electron chi connectivity index (χ1n) is 6.87. The normalized spacial score (nSPS) is 15.7. The second-order valence-corrected chi connectivity index (χ2v) is 5.14. The Bertz CT molecular complexity index is 372. The molecule has 9 heteroatoms. The molecule has 1 atom stereocenters. The number of aliphatic carboxylic acids is 1. The third kappa shape index (κ3) is 9.19. The second-order valence-electron chi connectivity index (χ2n) is 5.14. The largest absolute Gasteiger partial charge is 0.480 e. The quantitative estimate of drug-likeness (QED) is 0.451. The highest BCUT2D eigenvalue weighted by atomic mass is 35.5. The van der Waals surface area contributed by atoms with Crippen LogP contribution in [0.15, 0.2) is 10.2 Å². The summed E-state index contributed by atoms with van der Waals surface area (Å²) >= 11 is 0. The molecule has 0 saturated heterocycles. The van der Waals surface area contributed by atoms with Gasteiger partial charge in [0.15, 0.2) is 5.66 Å². The number of nitrogens with zero attached hydrogens (tertiary/aromatic N) is 2. The van der Waals surface area contributed by atoms with E-state index in [1.165, 1.54) is 0 Å². The minimum absolute atomic E-state index is 0. The predicted molar refractivity (Wildman–Crippen MR) is 80.6 cm³/mol. The Hall–Kier alpha value is -1.41. The number of carbonyl (C=O) groups is 2. The standard InChI is InChI=1S/C12H23N5O3.ClH/c1-12(16-17-12)6-4-8-15-11(20)14-7-3-2-5-9(13)10(18)19;/h9H,2-8,13H2,1H3,(H,18,19)(H2,14,15,20);1H/t9-;/m0./s1. The number of unbranched alkanes of at least 4 members (excludes halogenated alkanes) is 1.